The van der Waals surface area contributed by atoms with E-state index in [-0.39, 0.29) is 28.9 Å². The number of sulfonamides is 1. The second-order valence-electron chi connectivity index (χ2n) is 6.91. The second-order valence-corrected chi connectivity index (χ2v) is 8.62. The fourth-order valence-electron chi connectivity index (χ4n) is 3.04. The molecule has 0 spiro atoms. The maximum Gasteiger partial charge on any atom is 0.319 e. The van der Waals surface area contributed by atoms with E-state index in [2.05, 4.69) is 15.4 Å². The minimum Gasteiger partial charge on any atom is -0.481 e. The Kier molecular flexibility index (Phi) is 5.47. The zero-order valence-corrected chi connectivity index (χ0v) is 15.1. The minimum absolute atomic E-state index is 0.0415. The van der Waals surface area contributed by atoms with Gasteiger partial charge >= 0.3 is 12.0 Å². The largest absolute Gasteiger partial charge is 0.481 e. The van der Waals surface area contributed by atoms with Gasteiger partial charge < -0.3 is 15.7 Å². The van der Waals surface area contributed by atoms with Crippen molar-refractivity contribution in [2.45, 2.75) is 55.5 Å². The topological polar surface area (TPSA) is 125 Å². The van der Waals surface area contributed by atoms with Crippen LogP contribution in [0.15, 0.2) is 29.2 Å². The van der Waals surface area contributed by atoms with Gasteiger partial charge in [-0.25, -0.2) is 17.9 Å². The average molecular weight is 381 g/mol. The molecule has 0 unspecified atom stereocenters. The quantitative estimate of drug-likeness (QED) is 0.599. The molecule has 0 atom stereocenters. The highest BCUT2D eigenvalue weighted by atomic mass is 32.2. The molecule has 2 saturated carbocycles. The number of hydrogen-bond donors (Lipinski definition) is 4. The number of nitrogens with one attached hydrogen (secondary N) is 3. The first-order valence-electron chi connectivity index (χ1n) is 8.76. The Morgan fingerprint density at radius 1 is 0.923 bits per heavy atom. The van der Waals surface area contributed by atoms with Crippen LogP contribution in [0.25, 0.3) is 0 Å². The van der Waals surface area contributed by atoms with Crippen LogP contribution >= 0.6 is 0 Å². The number of benzene rings is 1. The van der Waals surface area contributed by atoms with Gasteiger partial charge in [-0.2, -0.15) is 0 Å². The van der Waals surface area contributed by atoms with E-state index >= 15 is 0 Å². The number of carboxylic acid groups (broad SMARTS) is 1. The van der Waals surface area contributed by atoms with Crippen LogP contribution in [0.2, 0.25) is 0 Å². The average Bonchev–Trinajstić information content (AvgIpc) is 3.39. The molecule has 1 aromatic rings. The Balaban J connectivity index is 1.49. The van der Waals surface area contributed by atoms with Crippen LogP contribution in [-0.2, 0) is 14.8 Å². The smallest absolute Gasteiger partial charge is 0.319 e. The van der Waals surface area contributed by atoms with E-state index < -0.39 is 16.0 Å². The van der Waals surface area contributed by atoms with Crippen LogP contribution in [0.1, 0.15) is 38.5 Å². The lowest BCUT2D eigenvalue weighted by Crippen LogP contribution is -2.40. The molecule has 142 valence electrons. The number of carbonyl (C=O) groups excluding carboxylic acids is 1. The van der Waals surface area contributed by atoms with Crippen molar-refractivity contribution in [1.82, 2.24) is 10.0 Å². The Morgan fingerprint density at radius 2 is 1.50 bits per heavy atom. The van der Waals surface area contributed by atoms with Crippen LogP contribution in [0, 0.1) is 5.92 Å². The van der Waals surface area contributed by atoms with Crippen molar-refractivity contribution < 1.29 is 23.1 Å². The SMILES string of the molecule is O=C(Nc1ccc(S(=O)(=O)NC2CC2)cc1)NC1CCC(C(=O)O)CC1. The highest BCUT2D eigenvalue weighted by Gasteiger charge is 2.28. The summed E-state index contributed by atoms with van der Waals surface area (Å²) in [6, 6.07) is 5.62. The van der Waals surface area contributed by atoms with E-state index in [0.29, 0.717) is 31.4 Å². The molecule has 8 nitrogen and oxygen atoms in total. The summed E-state index contributed by atoms with van der Waals surface area (Å²) in [5.41, 5.74) is 0.493. The number of anilines is 1. The van der Waals surface area contributed by atoms with Crippen molar-refractivity contribution >= 4 is 27.7 Å². The lowest BCUT2D eigenvalue weighted by atomic mass is 9.86. The van der Waals surface area contributed by atoms with Gasteiger partial charge in [0.1, 0.15) is 0 Å². The lowest BCUT2D eigenvalue weighted by molar-refractivity contribution is -0.142. The van der Waals surface area contributed by atoms with Gasteiger partial charge in [0.25, 0.3) is 0 Å². The molecular formula is C17H23N3O5S. The van der Waals surface area contributed by atoms with Crippen molar-refractivity contribution in [3.8, 4) is 0 Å². The number of carboxylic acids is 1. The first-order valence-corrected chi connectivity index (χ1v) is 10.2. The van der Waals surface area contributed by atoms with Crippen molar-refractivity contribution in [2.24, 2.45) is 5.92 Å². The summed E-state index contributed by atoms with van der Waals surface area (Å²) in [5.74, 6) is -1.10. The number of urea groups is 1. The monoisotopic (exact) mass is 381 g/mol. The van der Waals surface area contributed by atoms with E-state index in [9.17, 15) is 18.0 Å². The zero-order valence-electron chi connectivity index (χ0n) is 14.3. The van der Waals surface area contributed by atoms with Crippen LogP contribution in [0.4, 0.5) is 10.5 Å². The predicted octanol–water partition coefficient (Wildman–Crippen LogP) is 1.89. The molecule has 2 amide bonds. The Hall–Kier alpha value is -2.13. The zero-order chi connectivity index (χ0) is 18.7. The fraction of sp³-hybridized carbons (Fsp3) is 0.529. The number of carbonyl (C=O) groups is 2. The molecule has 2 fully saturated rings. The summed E-state index contributed by atoms with van der Waals surface area (Å²) in [4.78, 5) is 23.2. The molecule has 0 bridgehead atoms. The van der Waals surface area contributed by atoms with E-state index in [1.165, 1.54) is 12.1 Å². The molecule has 2 aliphatic carbocycles. The van der Waals surface area contributed by atoms with E-state index in [0.717, 1.165) is 12.8 Å². The molecule has 0 aliphatic heterocycles. The summed E-state index contributed by atoms with van der Waals surface area (Å²) in [6.07, 6.45) is 4.12. The molecule has 1 aromatic carbocycles. The van der Waals surface area contributed by atoms with Gasteiger partial charge in [-0.15, -0.1) is 0 Å². The molecule has 0 radical (unpaired) electrons. The van der Waals surface area contributed by atoms with Gasteiger partial charge in [-0.1, -0.05) is 0 Å². The maximum absolute atomic E-state index is 12.1. The normalized spacial score (nSPS) is 23.2. The highest BCUT2D eigenvalue weighted by Crippen LogP contribution is 2.25. The first kappa shape index (κ1) is 18.7. The van der Waals surface area contributed by atoms with Crippen molar-refractivity contribution in [3.63, 3.8) is 0 Å². The van der Waals surface area contributed by atoms with Crippen molar-refractivity contribution in [1.29, 1.82) is 0 Å². The van der Waals surface area contributed by atoms with E-state index in [1.54, 1.807) is 12.1 Å². The van der Waals surface area contributed by atoms with Crippen molar-refractivity contribution in [2.75, 3.05) is 5.32 Å². The molecule has 0 heterocycles. The highest BCUT2D eigenvalue weighted by molar-refractivity contribution is 7.89. The molecule has 2 aliphatic rings. The standard InChI is InChI=1S/C17H23N3O5S/c21-16(22)11-1-3-12(4-2-11)18-17(23)19-13-7-9-15(10-8-13)26(24,25)20-14-5-6-14/h7-12,14,20H,1-6H2,(H,21,22)(H2,18,19,23). The number of aliphatic carboxylic acids is 1. The maximum atomic E-state index is 12.1. The van der Waals surface area contributed by atoms with Crippen LogP contribution in [-0.4, -0.2) is 37.6 Å². The minimum atomic E-state index is -3.50. The molecule has 26 heavy (non-hydrogen) atoms. The Labute approximate surface area is 152 Å². The summed E-state index contributed by atoms with van der Waals surface area (Å²) < 4.78 is 26.8. The van der Waals surface area contributed by atoms with Crippen LogP contribution in [0.5, 0.6) is 0 Å². The van der Waals surface area contributed by atoms with Gasteiger partial charge in [0, 0.05) is 17.8 Å². The van der Waals surface area contributed by atoms with Gasteiger partial charge in [-0.05, 0) is 62.8 Å². The summed E-state index contributed by atoms with van der Waals surface area (Å²) in [7, 11) is -3.50. The van der Waals surface area contributed by atoms with Gasteiger partial charge in [0.2, 0.25) is 10.0 Å². The third-order valence-electron chi connectivity index (χ3n) is 4.73. The van der Waals surface area contributed by atoms with E-state index in [1.807, 2.05) is 0 Å². The predicted molar refractivity (Wildman–Crippen MR) is 95.3 cm³/mol. The Morgan fingerprint density at radius 3 is 2.04 bits per heavy atom. The van der Waals surface area contributed by atoms with Gasteiger partial charge in [0.05, 0.1) is 10.8 Å². The summed E-state index contributed by atoms with van der Waals surface area (Å²) in [6.45, 7) is 0. The van der Waals surface area contributed by atoms with Gasteiger partial charge in [-0.3, -0.25) is 4.79 Å². The lowest BCUT2D eigenvalue weighted by Gasteiger charge is -2.26. The molecule has 4 N–H and O–H groups in total. The first-order chi connectivity index (χ1) is 12.3. The molecular weight excluding hydrogens is 358 g/mol. The third-order valence-corrected chi connectivity index (χ3v) is 6.27. The van der Waals surface area contributed by atoms with Crippen molar-refractivity contribution in [3.05, 3.63) is 24.3 Å². The molecule has 0 aromatic heterocycles. The Bertz CT molecular complexity index is 766. The third kappa shape index (κ3) is 4.95. The number of rotatable bonds is 6. The summed E-state index contributed by atoms with van der Waals surface area (Å²) in [5, 5.41) is 14.5. The molecule has 0 saturated heterocycles. The molecule has 9 heteroatoms. The van der Waals surface area contributed by atoms with E-state index in [4.69, 9.17) is 5.11 Å². The second kappa shape index (κ2) is 7.63. The number of hydrogen-bond acceptors (Lipinski definition) is 4. The number of amides is 2. The summed E-state index contributed by atoms with van der Waals surface area (Å²) >= 11 is 0. The van der Waals surface area contributed by atoms with Gasteiger partial charge in [0.15, 0.2) is 0 Å². The molecule has 3 rings (SSSR count). The van der Waals surface area contributed by atoms with Crippen LogP contribution in [0.3, 0.4) is 0 Å². The van der Waals surface area contributed by atoms with Crippen LogP contribution < -0.4 is 15.4 Å². The fourth-order valence-corrected chi connectivity index (χ4v) is 4.35.